The van der Waals surface area contributed by atoms with Crippen molar-refractivity contribution in [1.29, 1.82) is 0 Å². The number of nitro benzene ring substituents is 2. The lowest BCUT2D eigenvalue weighted by molar-refractivity contribution is -0.385. The summed E-state index contributed by atoms with van der Waals surface area (Å²) in [6.45, 7) is 8.98. The molecule has 2 saturated heterocycles. The third-order valence-corrected chi connectivity index (χ3v) is 12.0. The molecule has 6 atom stereocenters. The number of aliphatic hydroxyl groups is 1. The number of rotatable bonds is 15. The van der Waals surface area contributed by atoms with Crippen LogP contribution in [0.3, 0.4) is 0 Å². The van der Waals surface area contributed by atoms with Crippen molar-refractivity contribution in [2.75, 3.05) is 19.7 Å². The number of aliphatic hydroxyl groups excluding tert-OH is 1. The molecule has 0 unspecified atom stereocenters. The molecule has 0 aromatic heterocycles. The lowest BCUT2D eigenvalue weighted by Crippen LogP contribution is -2.64. The quantitative estimate of drug-likeness (QED) is 0.0855. The predicted molar refractivity (Wildman–Crippen MR) is 197 cm³/mol. The monoisotopic (exact) mass is 785 g/mol. The molecule has 0 saturated carbocycles. The standard InChI is InChI=1S/C35H43N5O12SSi/c1-20-30-29(21(2)52-54(3,4)5)33(43)38(30)31(34(44)50-18-22-6-10-24(11-7-22)39(46)47)32(20)53-27-14-26(15-36-28(42)17-41)37(16-27)35(45)51-19-23-8-12-25(13-9-23)40(48)49/h6-13,20-21,26-27,29-30,41H,14-19H2,1-5H3,(H,36,42)/t20-,21-,26+,27+,29-,30-/m1/s1. The minimum Gasteiger partial charge on any atom is -0.456 e. The molecule has 3 amide bonds. The normalized spacial score (nSPS) is 22.7. The largest absolute Gasteiger partial charge is 0.456 e. The molecule has 0 spiro atoms. The minimum atomic E-state index is -2.03. The molecule has 290 valence electrons. The highest BCUT2D eigenvalue weighted by Crippen LogP contribution is 2.53. The molecule has 17 nitrogen and oxygen atoms in total. The van der Waals surface area contributed by atoms with Crippen molar-refractivity contribution < 1.29 is 48.0 Å². The second-order valence-electron chi connectivity index (χ2n) is 14.4. The molecular formula is C35H43N5O12SSi. The molecule has 5 rings (SSSR count). The van der Waals surface area contributed by atoms with Gasteiger partial charge >= 0.3 is 12.1 Å². The molecule has 0 aliphatic carbocycles. The van der Waals surface area contributed by atoms with Crippen LogP contribution in [-0.4, -0.2) is 100 Å². The number of carbonyl (C=O) groups excluding carboxylic acids is 4. The van der Waals surface area contributed by atoms with Crippen molar-refractivity contribution in [2.24, 2.45) is 11.8 Å². The second kappa shape index (κ2) is 16.7. The number of carbonyl (C=O) groups is 4. The molecule has 2 aromatic carbocycles. The van der Waals surface area contributed by atoms with Crippen molar-refractivity contribution in [2.45, 2.75) is 76.6 Å². The van der Waals surface area contributed by atoms with Crippen LogP contribution in [0, 0.1) is 32.1 Å². The van der Waals surface area contributed by atoms with E-state index in [2.05, 4.69) is 5.32 Å². The van der Waals surface area contributed by atoms with Crippen LogP contribution in [0.5, 0.6) is 0 Å². The van der Waals surface area contributed by atoms with E-state index in [9.17, 15) is 44.5 Å². The first-order valence-electron chi connectivity index (χ1n) is 17.4. The summed E-state index contributed by atoms with van der Waals surface area (Å²) in [4.78, 5) is 77.6. The first-order valence-corrected chi connectivity index (χ1v) is 21.6. The van der Waals surface area contributed by atoms with Gasteiger partial charge in [-0.1, -0.05) is 6.92 Å². The van der Waals surface area contributed by atoms with Crippen molar-refractivity contribution in [1.82, 2.24) is 15.1 Å². The number of esters is 1. The van der Waals surface area contributed by atoms with Gasteiger partial charge in [0.1, 0.15) is 25.5 Å². The maximum absolute atomic E-state index is 13.9. The van der Waals surface area contributed by atoms with Gasteiger partial charge in [0.15, 0.2) is 8.32 Å². The fraction of sp³-hybridized carbons (Fsp3) is 0.486. The summed E-state index contributed by atoms with van der Waals surface area (Å²) in [6.07, 6.45) is -0.726. The molecule has 2 N–H and O–H groups in total. The van der Waals surface area contributed by atoms with E-state index in [0.717, 1.165) is 0 Å². The fourth-order valence-electron chi connectivity index (χ4n) is 7.00. The number of benzene rings is 2. The minimum absolute atomic E-state index is 0.0165. The highest BCUT2D eigenvalue weighted by atomic mass is 32.2. The summed E-state index contributed by atoms with van der Waals surface area (Å²) in [7, 11) is -2.03. The Morgan fingerprint density at radius 3 is 2.06 bits per heavy atom. The summed E-state index contributed by atoms with van der Waals surface area (Å²) in [6, 6.07) is 10.2. The van der Waals surface area contributed by atoms with E-state index in [1.165, 1.54) is 70.1 Å². The van der Waals surface area contributed by atoms with Crippen molar-refractivity contribution in [3.8, 4) is 0 Å². The molecule has 0 bridgehead atoms. The van der Waals surface area contributed by atoms with Crippen molar-refractivity contribution >= 4 is 55.3 Å². The van der Waals surface area contributed by atoms with Gasteiger partial charge in [-0.25, -0.2) is 9.59 Å². The van der Waals surface area contributed by atoms with E-state index in [1.54, 1.807) is 0 Å². The Bertz CT molecular complexity index is 1820. The highest BCUT2D eigenvalue weighted by molar-refractivity contribution is 8.03. The molecule has 54 heavy (non-hydrogen) atoms. The maximum Gasteiger partial charge on any atom is 0.410 e. The number of nitrogens with one attached hydrogen (secondary N) is 1. The van der Waals surface area contributed by atoms with Crippen LogP contribution in [0.25, 0.3) is 0 Å². The summed E-state index contributed by atoms with van der Waals surface area (Å²) < 4.78 is 17.6. The van der Waals surface area contributed by atoms with E-state index < -0.39 is 60.8 Å². The van der Waals surface area contributed by atoms with Gasteiger partial charge in [-0.15, -0.1) is 11.8 Å². The summed E-state index contributed by atoms with van der Waals surface area (Å²) in [5.41, 5.74) is 0.931. The number of likely N-dealkylation sites (tertiary alicyclic amines) is 1. The Balaban J connectivity index is 1.37. The van der Waals surface area contributed by atoms with E-state index >= 15 is 0 Å². The van der Waals surface area contributed by atoms with Crippen molar-refractivity contribution in [3.63, 3.8) is 0 Å². The molecular weight excluding hydrogens is 743 g/mol. The Labute approximate surface area is 316 Å². The number of non-ortho nitro benzene ring substituents is 2. The average molecular weight is 786 g/mol. The maximum atomic E-state index is 13.9. The van der Waals surface area contributed by atoms with Gasteiger partial charge in [-0.3, -0.25) is 29.8 Å². The number of nitro groups is 2. The SMILES string of the molecule is C[C@@H](O[Si](C)(C)C)[C@H]1C(=O)N2C(C(=O)OCc3ccc([N+](=O)[O-])cc3)=C(S[C@H]3C[C@@H](CNC(=O)CO)N(C(=O)OCc4ccc([N+](=O)[O-])cc4)C3)[C@H](C)[C@H]12. The molecule has 19 heteroatoms. The molecule has 0 radical (unpaired) electrons. The van der Waals surface area contributed by atoms with E-state index in [-0.39, 0.29) is 66.5 Å². The number of hydrogen-bond acceptors (Lipinski definition) is 13. The van der Waals surface area contributed by atoms with Crippen LogP contribution in [0.15, 0.2) is 59.1 Å². The van der Waals surface area contributed by atoms with Gasteiger partial charge in [0.2, 0.25) is 11.8 Å². The van der Waals surface area contributed by atoms with E-state index in [0.29, 0.717) is 22.5 Å². The third kappa shape index (κ3) is 9.08. The Morgan fingerprint density at radius 1 is 0.981 bits per heavy atom. The number of thioether (sulfide) groups is 1. The topological polar surface area (TPSA) is 221 Å². The molecule has 3 heterocycles. The van der Waals surface area contributed by atoms with Gasteiger partial charge in [0.25, 0.3) is 11.4 Å². The van der Waals surface area contributed by atoms with Crippen LogP contribution in [0.2, 0.25) is 19.6 Å². The third-order valence-electron chi connectivity index (χ3n) is 9.44. The Morgan fingerprint density at radius 2 is 1.54 bits per heavy atom. The molecule has 3 aliphatic heterocycles. The molecule has 2 aromatic rings. The zero-order valence-corrected chi connectivity index (χ0v) is 32.3. The van der Waals surface area contributed by atoms with Gasteiger partial charge < -0.3 is 34.1 Å². The summed E-state index contributed by atoms with van der Waals surface area (Å²) in [5.74, 6) is -2.43. The van der Waals surface area contributed by atoms with Crippen LogP contribution in [0.1, 0.15) is 31.4 Å². The first-order chi connectivity index (χ1) is 25.5. The first kappa shape index (κ1) is 40.3. The van der Waals surface area contributed by atoms with Gasteiger partial charge in [-0.05, 0) is 68.4 Å². The van der Waals surface area contributed by atoms with E-state index in [1.807, 2.05) is 33.5 Å². The number of amides is 3. The zero-order chi connectivity index (χ0) is 39.5. The lowest BCUT2D eigenvalue weighted by atomic mass is 9.79. The van der Waals surface area contributed by atoms with Crippen molar-refractivity contribution in [3.05, 3.63) is 90.5 Å². The smallest absolute Gasteiger partial charge is 0.410 e. The number of fused-ring (bicyclic) bond motifs is 1. The second-order valence-corrected chi connectivity index (χ2v) is 20.2. The van der Waals surface area contributed by atoms with Crippen LogP contribution >= 0.6 is 11.8 Å². The lowest BCUT2D eigenvalue weighted by Gasteiger charge is -2.48. The number of nitrogens with zero attached hydrogens (tertiary/aromatic N) is 4. The Kier molecular flexibility index (Phi) is 12.4. The number of β-lactam (4-membered cyclic amide) rings is 1. The number of ether oxygens (including phenoxy) is 2. The average Bonchev–Trinajstić information content (AvgIpc) is 3.64. The van der Waals surface area contributed by atoms with Gasteiger partial charge in [0, 0.05) is 53.4 Å². The predicted octanol–water partition coefficient (Wildman–Crippen LogP) is 4.10. The summed E-state index contributed by atoms with van der Waals surface area (Å²) in [5, 5.41) is 33.7. The fourth-order valence-corrected chi connectivity index (χ4v) is 9.83. The van der Waals surface area contributed by atoms with Crippen LogP contribution in [-0.2, 0) is 41.5 Å². The highest BCUT2D eigenvalue weighted by Gasteiger charge is 2.61. The van der Waals surface area contributed by atoms with Gasteiger partial charge in [-0.2, -0.15) is 0 Å². The Hall–Kier alpha value is -4.85. The molecule has 3 aliphatic rings. The zero-order valence-electron chi connectivity index (χ0n) is 30.5. The van der Waals surface area contributed by atoms with Crippen LogP contribution < -0.4 is 5.32 Å². The number of hydrogen-bond donors (Lipinski definition) is 2. The van der Waals surface area contributed by atoms with Gasteiger partial charge in [0.05, 0.1) is 34.0 Å². The molecule has 2 fully saturated rings. The van der Waals surface area contributed by atoms with E-state index in [4.69, 9.17) is 13.9 Å². The summed E-state index contributed by atoms with van der Waals surface area (Å²) >= 11 is 1.35. The van der Waals surface area contributed by atoms with Crippen LogP contribution in [0.4, 0.5) is 16.2 Å².